The molecular weight excluding hydrogens is 455 g/mol. The molecule has 0 bridgehead atoms. The van der Waals surface area contributed by atoms with Gasteiger partial charge in [-0.05, 0) is 37.6 Å². The van der Waals surface area contributed by atoms with Gasteiger partial charge in [-0.25, -0.2) is 15.0 Å². The van der Waals surface area contributed by atoms with Crippen LogP contribution in [0.3, 0.4) is 0 Å². The van der Waals surface area contributed by atoms with Crippen molar-refractivity contribution in [3.05, 3.63) is 71.2 Å². The Morgan fingerprint density at radius 2 is 1.71 bits per heavy atom. The molecule has 0 N–H and O–H groups in total. The van der Waals surface area contributed by atoms with Crippen LogP contribution in [0.15, 0.2) is 48.8 Å². The van der Waals surface area contributed by atoms with E-state index in [1.807, 2.05) is 6.20 Å². The van der Waals surface area contributed by atoms with Crippen molar-refractivity contribution >= 4 is 5.82 Å². The molecule has 0 radical (unpaired) electrons. The van der Waals surface area contributed by atoms with Gasteiger partial charge in [-0.3, -0.25) is 4.90 Å². The first-order valence-electron chi connectivity index (χ1n) is 11.8. The minimum atomic E-state index is -4.35. The maximum atomic E-state index is 12.8. The molecule has 2 aliphatic rings. The monoisotopic (exact) mass is 483 g/mol. The lowest BCUT2D eigenvalue weighted by Crippen LogP contribution is -2.45. The Morgan fingerprint density at radius 1 is 0.971 bits per heavy atom. The smallest absolute Gasteiger partial charge is 0.372 e. The summed E-state index contributed by atoms with van der Waals surface area (Å²) in [6, 6.07) is 9.20. The third kappa shape index (κ3) is 5.46. The normalized spacial score (nSPS) is 21.1. The molecule has 35 heavy (non-hydrogen) atoms. The van der Waals surface area contributed by atoms with Crippen molar-refractivity contribution in [2.45, 2.75) is 51.7 Å². The molecule has 0 saturated carbocycles. The number of anilines is 1. The van der Waals surface area contributed by atoms with Crippen LogP contribution in [0.5, 0.6) is 0 Å². The van der Waals surface area contributed by atoms with E-state index >= 15 is 0 Å². The maximum absolute atomic E-state index is 12.8. The second kappa shape index (κ2) is 9.54. The van der Waals surface area contributed by atoms with Gasteiger partial charge < -0.3 is 9.64 Å². The standard InChI is InChI=1S/C26H28F3N5O/c1-17-13-34(14-18(2)35-17)24-8-3-19(11-30-24)15-33-10-9-23-21(16-33)12-31-25(32-23)20-4-6-22(7-5-20)26(27,28)29/h3-8,11-12,17-18H,9-10,13-16H2,1-2H3. The quantitative estimate of drug-likeness (QED) is 0.535. The molecule has 0 aliphatic carbocycles. The number of aromatic nitrogens is 3. The zero-order valence-electron chi connectivity index (χ0n) is 19.8. The molecule has 1 aromatic carbocycles. The second-order valence-corrected chi connectivity index (χ2v) is 9.39. The van der Waals surface area contributed by atoms with Crippen LogP contribution in [0.4, 0.5) is 19.0 Å². The number of hydrogen-bond acceptors (Lipinski definition) is 6. The molecule has 5 rings (SSSR count). The number of pyridine rings is 1. The Morgan fingerprint density at radius 3 is 2.37 bits per heavy atom. The zero-order chi connectivity index (χ0) is 24.6. The summed E-state index contributed by atoms with van der Waals surface area (Å²) in [5.74, 6) is 1.43. The predicted molar refractivity (Wildman–Crippen MR) is 127 cm³/mol. The SMILES string of the molecule is CC1CN(c2ccc(CN3CCc4nc(-c5ccc(C(F)(F)F)cc5)ncc4C3)cn2)CC(C)O1. The predicted octanol–water partition coefficient (Wildman–Crippen LogP) is 4.73. The van der Waals surface area contributed by atoms with Crippen LogP contribution in [0.2, 0.25) is 0 Å². The Bertz CT molecular complexity index is 1160. The van der Waals surface area contributed by atoms with E-state index in [0.29, 0.717) is 11.4 Å². The van der Waals surface area contributed by atoms with Gasteiger partial charge in [0, 0.05) is 62.7 Å². The molecule has 2 unspecified atom stereocenters. The number of morpholine rings is 1. The Balaban J connectivity index is 1.22. The molecule has 3 aromatic rings. The van der Waals surface area contributed by atoms with Crippen molar-refractivity contribution in [3.63, 3.8) is 0 Å². The summed E-state index contributed by atoms with van der Waals surface area (Å²) in [7, 11) is 0. The molecule has 1 saturated heterocycles. The van der Waals surface area contributed by atoms with E-state index in [0.717, 1.165) is 73.9 Å². The Hall–Kier alpha value is -3.04. The molecule has 0 amide bonds. The molecule has 4 heterocycles. The van der Waals surface area contributed by atoms with E-state index in [1.165, 1.54) is 12.1 Å². The van der Waals surface area contributed by atoms with Gasteiger partial charge in [0.05, 0.1) is 23.5 Å². The highest BCUT2D eigenvalue weighted by Gasteiger charge is 2.30. The van der Waals surface area contributed by atoms with E-state index in [9.17, 15) is 13.2 Å². The number of hydrogen-bond donors (Lipinski definition) is 0. The number of rotatable bonds is 4. The van der Waals surface area contributed by atoms with Crippen LogP contribution in [-0.2, 0) is 30.4 Å². The summed E-state index contributed by atoms with van der Waals surface area (Å²) in [5, 5.41) is 0. The first kappa shape index (κ1) is 23.7. The maximum Gasteiger partial charge on any atom is 0.416 e. The van der Waals surface area contributed by atoms with Crippen molar-refractivity contribution in [2.24, 2.45) is 0 Å². The number of alkyl halides is 3. The van der Waals surface area contributed by atoms with Gasteiger partial charge in [0.1, 0.15) is 5.82 Å². The number of ether oxygens (including phenoxy) is 1. The molecule has 0 spiro atoms. The largest absolute Gasteiger partial charge is 0.416 e. The van der Waals surface area contributed by atoms with Crippen molar-refractivity contribution < 1.29 is 17.9 Å². The lowest BCUT2D eigenvalue weighted by molar-refractivity contribution is -0.137. The van der Waals surface area contributed by atoms with E-state index in [-0.39, 0.29) is 12.2 Å². The van der Waals surface area contributed by atoms with Crippen LogP contribution in [0, 0.1) is 0 Å². The van der Waals surface area contributed by atoms with Crippen LogP contribution < -0.4 is 4.90 Å². The molecule has 6 nitrogen and oxygen atoms in total. The van der Waals surface area contributed by atoms with Gasteiger partial charge in [-0.2, -0.15) is 13.2 Å². The minimum absolute atomic E-state index is 0.190. The van der Waals surface area contributed by atoms with Gasteiger partial charge >= 0.3 is 6.18 Å². The summed E-state index contributed by atoms with van der Waals surface area (Å²) >= 11 is 0. The number of fused-ring (bicyclic) bond motifs is 1. The van der Waals surface area contributed by atoms with Crippen molar-refractivity contribution in [2.75, 3.05) is 24.5 Å². The van der Waals surface area contributed by atoms with Crippen LogP contribution >= 0.6 is 0 Å². The van der Waals surface area contributed by atoms with Crippen LogP contribution in [-0.4, -0.2) is 51.7 Å². The zero-order valence-corrected chi connectivity index (χ0v) is 19.8. The summed E-state index contributed by atoms with van der Waals surface area (Å²) in [5.41, 5.74) is 3.06. The molecule has 2 aliphatic heterocycles. The first-order chi connectivity index (χ1) is 16.7. The van der Waals surface area contributed by atoms with E-state index < -0.39 is 11.7 Å². The summed E-state index contributed by atoms with van der Waals surface area (Å²) in [6.45, 7) is 8.20. The lowest BCUT2D eigenvalue weighted by atomic mass is 10.1. The number of benzene rings is 1. The Kier molecular flexibility index (Phi) is 6.46. The molecule has 2 atom stereocenters. The minimum Gasteiger partial charge on any atom is -0.372 e. The summed E-state index contributed by atoms with van der Waals surface area (Å²) < 4.78 is 44.3. The Labute approximate surface area is 202 Å². The lowest BCUT2D eigenvalue weighted by Gasteiger charge is -2.36. The number of nitrogens with zero attached hydrogens (tertiary/aromatic N) is 5. The molecular formula is C26H28F3N5O. The van der Waals surface area contributed by atoms with E-state index in [1.54, 1.807) is 6.20 Å². The van der Waals surface area contributed by atoms with Crippen LogP contribution in [0.1, 0.15) is 36.2 Å². The van der Waals surface area contributed by atoms with Gasteiger partial charge in [0.15, 0.2) is 5.82 Å². The highest BCUT2D eigenvalue weighted by molar-refractivity contribution is 5.56. The topological polar surface area (TPSA) is 54.4 Å². The second-order valence-electron chi connectivity index (χ2n) is 9.39. The molecule has 2 aromatic heterocycles. The fraction of sp³-hybridized carbons (Fsp3) is 0.423. The van der Waals surface area contributed by atoms with Crippen LogP contribution in [0.25, 0.3) is 11.4 Å². The van der Waals surface area contributed by atoms with E-state index in [4.69, 9.17) is 9.72 Å². The van der Waals surface area contributed by atoms with Crippen molar-refractivity contribution in [1.82, 2.24) is 19.9 Å². The first-order valence-corrected chi connectivity index (χ1v) is 11.8. The highest BCUT2D eigenvalue weighted by atomic mass is 19.4. The average molecular weight is 484 g/mol. The molecule has 9 heteroatoms. The molecule has 1 fully saturated rings. The van der Waals surface area contributed by atoms with Gasteiger partial charge in [-0.15, -0.1) is 0 Å². The highest BCUT2D eigenvalue weighted by Crippen LogP contribution is 2.31. The fourth-order valence-electron chi connectivity index (χ4n) is 4.78. The average Bonchev–Trinajstić information content (AvgIpc) is 2.83. The van der Waals surface area contributed by atoms with E-state index in [2.05, 4.69) is 45.7 Å². The number of halogens is 3. The van der Waals surface area contributed by atoms with Crippen molar-refractivity contribution in [1.29, 1.82) is 0 Å². The summed E-state index contributed by atoms with van der Waals surface area (Å²) in [4.78, 5) is 18.4. The van der Waals surface area contributed by atoms with Gasteiger partial charge in [0.2, 0.25) is 0 Å². The third-order valence-corrected chi connectivity index (χ3v) is 6.44. The third-order valence-electron chi connectivity index (χ3n) is 6.44. The molecule has 184 valence electrons. The summed E-state index contributed by atoms with van der Waals surface area (Å²) in [6.07, 6.45) is 0.532. The van der Waals surface area contributed by atoms with Crippen molar-refractivity contribution in [3.8, 4) is 11.4 Å². The van der Waals surface area contributed by atoms with Gasteiger partial charge in [0.25, 0.3) is 0 Å². The van der Waals surface area contributed by atoms with Gasteiger partial charge in [-0.1, -0.05) is 18.2 Å². The fourth-order valence-corrected chi connectivity index (χ4v) is 4.78.